The quantitative estimate of drug-likeness (QED) is 0.914. The van der Waals surface area contributed by atoms with E-state index in [-0.39, 0.29) is 5.41 Å². The van der Waals surface area contributed by atoms with E-state index < -0.39 is 0 Å². The number of hydrogen-bond donors (Lipinski definition) is 1. The highest BCUT2D eigenvalue weighted by molar-refractivity contribution is 5.84. The van der Waals surface area contributed by atoms with Crippen molar-refractivity contribution in [3.05, 3.63) is 36.0 Å². The van der Waals surface area contributed by atoms with Crippen molar-refractivity contribution in [1.29, 1.82) is 0 Å². The monoisotopic (exact) mass is 285 g/mol. The first kappa shape index (κ1) is 14.6. The Hall–Kier alpha value is -1.32. The molecule has 1 fully saturated rings. The molecule has 0 bridgehead atoms. The van der Waals surface area contributed by atoms with Crippen LogP contribution in [0.4, 0.5) is 0 Å². The molecule has 1 aliphatic heterocycles. The Kier molecular flexibility index (Phi) is 3.80. The van der Waals surface area contributed by atoms with E-state index in [0.29, 0.717) is 6.04 Å². The number of fused-ring (bicyclic) bond motifs is 1. The second-order valence-electron chi connectivity index (χ2n) is 7.27. The summed E-state index contributed by atoms with van der Waals surface area (Å²) in [7, 11) is 2.16. The van der Waals surface area contributed by atoms with Gasteiger partial charge in [0.15, 0.2) is 0 Å². The van der Waals surface area contributed by atoms with Crippen molar-refractivity contribution in [2.24, 2.45) is 12.5 Å². The topological polar surface area (TPSA) is 20.2 Å². The molecular weight excluding hydrogens is 258 g/mol. The van der Waals surface area contributed by atoms with Crippen LogP contribution in [-0.2, 0) is 7.05 Å². The van der Waals surface area contributed by atoms with E-state index in [4.69, 9.17) is 0 Å². The first-order chi connectivity index (χ1) is 9.98. The lowest BCUT2D eigenvalue weighted by Gasteiger charge is -2.42. The smallest absolute Gasteiger partial charge is 0.0481 e. The van der Waals surface area contributed by atoms with Crippen molar-refractivity contribution >= 4 is 10.9 Å². The Labute approximate surface area is 127 Å². The van der Waals surface area contributed by atoms with Crippen LogP contribution in [-0.4, -0.2) is 35.6 Å². The minimum atomic E-state index is 0.224. The number of rotatable bonds is 2. The first-order valence-corrected chi connectivity index (χ1v) is 7.97. The van der Waals surface area contributed by atoms with Crippen LogP contribution in [0.25, 0.3) is 10.9 Å². The number of benzene rings is 1. The lowest BCUT2D eigenvalue weighted by Crippen LogP contribution is -2.48. The van der Waals surface area contributed by atoms with Gasteiger partial charge in [-0.3, -0.25) is 4.90 Å². The van der Waals surface area contributed by atoms with E-state index in [2.05, 4.69) is 73.1 Å². The van der Waals surface area contributed by atoms with E-state index in [9.17, 15) is 0 Å². The zero-order valence-corrected chi connectivity index (χ0v) is 13.7. The van der Waals surface area contributed by atoms with Gasteiger partial charge in [0.2, 0.25) is 0 Å². The zero-order chi connectivity index (χ0) is 15.0. The molecule has 3 nitrogen and oxygen atoms in total. The van der Waals surface area contributed by atoms with Crippen molar-refractivity contribution < 1.29 is 0 Å². The van der Waals surface area contributed by atoms with Gasteiger partial charge >= 0.3 is 0 Å². The van der Waals surface area contributed by atoms with E-state index in [1.165, 1.54) is 16.5 Å². The molecule has 1 aromatic carbocycles. The summed E-state index contributed by atoms with van der Waals surface area (Å²) >= 11 is 0. The fourth-order valence-electron chi connectivity index (χ4n) is 3.74. The SMILES string of the molecule is Cn1cc([C@H](N2CCNCC2)C(C)(C)C)c2ccccc21. The van der Waals surface area contributed by atoms with E-state index in [0.717, 1.165) is 26.2 Å². The Bertz CT molecular complexity index is 615. The van der Waals surface area contributed by atoms with Gasteiger partial charge in [0, 0.05) is 56.4 Å². The van der Waals surface area contributed by atoms with Gasteiger partial charge in [0.25, 0.3) is 0 Å². The summed E-state index contributed by atoms with van der Waals surface area (Å²) in [5, 5.41) is 4.87. The number of aromatic nitrogens is 1. The highest BCUT2D eigenvalue weighted by atomic mass is 15.2. The van der Waals surface area contributed by atoms with Gasteiger partial charge < -0.3 is 9.88 Å². The number of hydrogen-bond acceptors (Lipinski definition) is 2. The standard InChI is InChI=1S/C18H27N3/c1-18(2,3)17(21-11-9-19-10-12-21)15-13-20(4)16-8-6-5-7-14(15)16/h5-8,13,17,19H,9-12H2,1-4H3/t17-/m0/s1. The molecule has 0 saturated carbocycles. The van der Waals surface area contributed by atoms with Crippen molar-refractivity contribution in [1.82, 2.24) is 14.8 Å². The summed E-state index contributed by atoms with van der Waals surface area (Å²) in [6.45, 7) is 11.5. The largest absolute Gasteiger partial charge is 0.350 e. The van der Waals surface area contributed by atoms with Gasteiger partial charge in [-0.25, -0.2) is 0 Å². The second kappa shape index (κ2) is 5.47. The zero-order valence-electron chi connectivity index (χ0n) is 13.7. The Balaban J connectivity index is 2.10. The van der Waals surface area contributed by atoms with Crippen LogP contribution < -0.4 is 5.32 Å². The second-order valence-corrected chi connectivity index (χ2v) is 7.27. The average molecular weight is 285 g/mol. The molecule has 0 amide bonds. The molecule has 1 atom stereocenters. The lowest BCUT2D eigenvalue weighted by atomic mass is 9.81. The van der Waals surface area contributed by atoms with Gasteiger partial charge in [-0.2, -0.15) is 0 Å². The molecule has 114 valence electrons. The molecule has 0 unspecified atom stereocenters. The van der Waals surface area contributed by atoms with Crippen LogP contribution in [0.2, 0.25) is 0 Å². The minimum Gasteiger partial charge on any atom is -0.350 e. The molecule has 3 heteroatoms. The third-order valence-corrected chi connectivity index (χ3v) is 4.56. The molecule has 0 radical (unpaired) electrons. The molecule has 21 heavy (non-hydrogen) atoms. The normalized spacial score (nSPS) is 19.0. The van der Waals surface area contributed by atoms with Crippen LogP contribution >= 0.6 is 0 Å². The van der Waals surface area contributed by atoms with Crippen LogP contribution in [0, 0.1) is 5.41 Å². The fourth-order valence-corrected chi connectivity index (χ4v) is 3.74. The maximum atomic E-state index is 3.47. The van der Waals surface area contributed by atoms with Gasteiger partial charge in [0.05, 0.1) is 0 Å². The van der Waals surface area contributed by atoms with Crippen LogP contribution in [0.1, 0.15) is 32.4 Å². The van der Waals surface area contributed by atoms with Gasteiger partial charge in [-0.05, 0) is 17.0 Å². The minimum absolute atomic E-state index is 0.224. The molecule has 2 heterocycles. The molecule has 2 aromatic rings. The lowest BCUT2D eigenvalue weighted by molar-refractivity contribution is 0.0871. The molecule has 1 N–H and O–H groups in total. The molecule has 3 rings (SSSR count). The number of nitrogens with zero attached hydrogens (tertiary/aromatic N) is 2. The molecule has 0 spiro atoms. The van der Waals surface area contributed by atoms with Crippen LogP contribution in [0.15, 0.2) is 30.5 Å². The first-order valence-electron chi connectivity index (χ1n) is 7.97. The molecule has 1 saturated heterocycles. The summed E-state index contributed by atoms with van der Waals surface area (Å²) < 4.78 is 2.27. The maximum absolute atomic E-state index is 3.47. The van der Waals surface area contributed by atoms with E-state index in [1.54, 1.807) is 0 Å². The van der Waals surface area contributed by atoms with Gasteiger partial charge in [-0.1, -0.05) is 39.0 Å². The third-order valence-electron chi connectivity index (χ3n) is 4.56. The Morgan fingerprint density at radius 3 is 2.43 bits per heavy atom. The molecular formula is C18H27N3. The predicted octanol–water partition coefficient (Wildman–Crippen LogP) is 3.17. The summed E-state index contributed by atoms with van der Waals surface area (Å²) in [5.74, 6) is 0. The summed E-state index contributed by atoms with van der Waals surface area (Å²) in [6, 6.07) is 9.24. The Morgan fingerprint density at radius 2 is 1.76 bits per heavy atom. The van der Waals surface area contributed by atoms with E-state index >= 15 is 0 Å². The average Bonchev–Trinajstić information content (AvgIpc) is 2.77. The van der Waals surface area contributed by atoms with Crippen LogP contribution in [0.5, 0.6) is 0 Å². The van der Waals surface area contributed by atoms with Crippen molar-refractivity contribution in [3.8, 4) is 0 Å². The molecule has 1 aliphatic rings. The summed E-state index contributed by atoms with van der Waals surface area (Å²) in [5.41, 5.74) is 3.03. The number of aryl methyl sites for hydroxylation is 1. The Morgan fingerprint density at radius 1 is 1.10 bits per heavy atom. The van der Waals surface area contributed by atoms with Crippen LogP contribution in [0.3, 0.4) is 0 Å². The molecule has 1 aromatic heterocycles. The predicted molar refractivity (Wildman–Crippen MR) is 89.6 cm³/mol. The number of para-hydroxylation sites is 1. The van der Waals surface area contributed by atoms with Gasteiger partial charge in [-0.15, -0.1) is 0 Å². The molecule has 0 aliphatic carbocycles. The number of piperazine rings is 1. The third kappa shape index (κ3) is 2.72. The van der Waals surface area contributed by atoms with Crippen molar-refractivity contribution in [3.63, 3.8) is 0 Å². The number of nitrogens with one attached hydrogen (secondary N) is 1. The summed E-state index contributed by atoms with van der Waals surface area (Å²) in [6.07, 6.45) is 2.34. The maximum Gasteiger partial charge on any atom is 0.0481 e. The summed E-state index contributed by atoms with van der Waals surface area (Å²) in [4.78, 5) is 2.65. The van der Waals surface area contributed by atoms with E-state index in [1.807, 2.05) is 0 Å². The van der Waals surface area contributed by atoms with Crippen molar-refractivity contribution in [2.75, 3.05) is 26.2 Å². The van der Waals surface area contributed by atoms with Gasteiger partial charge in [0.1, 0.15) is 0 Å². The fraction of sp³-hybridized carbons (Fsp3) is 0.556. The highest BCUT2D eigenvalue weighted by Gasteiger charge is 2.34. The van der Waals surface area contributed by atoms with Crippen molar-refractivity contribution in [2.45, 2.75) is 26.8 Å². The highest BCUT2D eigenvalue weighted by Crippen LogP contribution is 2.41.